The van der Waals surface area contributed by atoms with E-state index in [4.69, 9.17) is 21.8 Å². The zero-order valence-electron chi connectivity index (χ0n) is 10.6. The van der Waals surface area contributed by atoms with Crippen molar-refractivity contribution in [1.82, 2.24) is 0 Å². The molecule has 0 aliphatic carbocycles. The highest BCUT2D eigenvalue weighted by Crippen LogP contribution is 2.30. The molecule has 2 nitrogen and oxygen atoms in total. The van der Waals surface area contributed by atoms with Gasteiger partial charge in [0.05, 0.1) is 12.3 Å². The molecule has 0 saturated heterocycles. The predicted molar refractivity (Wildman–Crippen MR) is 78.4 cm³/mol. The van der Waals surface area contributed by atoms with E-state index in [-0.39, 0.29) is 6.04 Å². The molecule has 0 spiro atoms. The summed E-state index contributed by atoms with van der Waals surface area (Å²) in [6.07, 6.45) is 1.73. The number of rotatable bonds is 2. The predicted octanol–water partition coefficient (Wildman–Crippen LogP) is 4.44. The molecule has 1 heterocycles. The van der Waals surface area contributed by atoms with Crippen molar-refractivity contribution in [3.63, 3.8) is 0 Å². The summed E-state index contributed by atoms with van der Waals surface area (Å²) in [6.45, 7) is 1.98. The van der Waals surface area contributed by atoms with Crippen LogP contribution in [0.5, 0.6) is 0 Å². The van der Waals surface area contributed by atoms with E-state index >= 15 is 0 Å². The molecule has 3 heteroatoms. The van der Waals surface area contributed by atoms with Crippen LogP contribution in [0.4, 0.5) is 0 Å². The third-order valence-corrected chi connectivity index (χ3v) is 3.81. The lowest BCUT2D eigenvalue weighted by Gasteiger charge is -2.12. The van der Waals surface area contributed by atoms with Crippen LogP contribution in [0, 0.1) is 6.92 Å². The number of hydrogen-bond acceptors (Lipinski definition) is 2. The molecule has 2 aromatic carbocycles. The molecular formula is C16H14ClNO. The molecule has 3 aromatic rings. The molecule has 0 radical (unpaired) electrons. The monoisotopic (exact) mass is 271 g/mol. The highest BCUT2D eigenvalue weighted by Gasteiger charge is 2.15. The lowest BCUT2D eigenvalue weighted by Crippen LogP contribution is -2.11. The summed E-state index contributed by atoms with van der Waals surface area (Å²) in [5, 5.41) is 1.78. The fourth-order valence-corrected chi connectivity index (χ4v) is 2.41. The van der Waals surface area contributed by atoms with Crippen molar-refractivity contribution in [2.24, 2.45) is 5.73 Å². The first-order valence-corrected chi connectivity index (χ1v) is 6.52. The second-order valence-electron chi connectivity index (χ2n) is 4.67. The van der Waals surface area contributed by atoms with Gasteiger partial charge in [-0.2, -0.15) is 0 Å². The van der Waals surface area contributed by atoms with E-state index in [0.29, 0.717) is 0 Å². The van der Waals surface area contributed by atoms with Crippen LogP contribution in [-0.2, 0) is 0 Å². The number of furan rings is 1. The Kier molecular flexibility index (Phi) is 3.05. The average molecular weight is 272 g/mol. The molecule has 19 heavy (non-hydrogen) atoms. The molecule has 1 atom stereocenters. The maximum Gasteiger partial charge on any atom is 0.134 e. The van der Waals surface area contributed by atoms with E-state index in [1.165, 1.54) is 0 Å². The average Bonchev–Trinajstić information content (AvgIpc) is 2.85. The second kappa shape index (κ2) is 4.72. The van der Waals surface area contributed by atoms with Gasteiger partial charge in [-0.25, -0.2) is 0 Å². The summed E-state index contributed by atoms with van der Waals surface area (Å²) in [5.74, 6) is 0. The van der Waals surface area contributed by atoms with Crippen molar-refractivity contribution < 1.29 is 4.42 Å². The molecule has 1 unspecified atom stereocenters. The van der Waals surface area contributed by atoms with Gasteiger partial charge in [-0.3, -0.25) is 0 Å². The molecule has 0 bridgehead atoms. The summed E-state index contributed by atoms with van der Waals surface area (Å²) < 4.78 is 5.53. The van der Waals surface area contributed by atoms with Gasteiger partial charge in [0.15, 0.2) is 0 Å². The van der Waals surface area contributed by atoms with E-state index in [0.717, 1.165) is 32.7 Å². The maximum atomic E-state index is 6.33. The lowest BCUT2D eigenvalue weighted by molar-refractivity contribution is 0.607. The summed E-state index contributed by atoms with van der Waals surface area (Å²) >= 11 is 6.16. The smallest absolute Gasteiger partial charge is 0.134 e. The molecule has 2 N–H and O–H groups in total. The Morgan fingerprint density at radius 2 is 1.95 bits per heavy atom. The van der Waals surface area contributed by atoms with E-state index in [9.17, 15) is 0 Å². The van der Waals surface area contributed by atoms with Crippen molar-refractivity contribution in [2.45, 2.75) is 13.0 Å². The minimum absolute atomic E-state index is 0.234. The third-order valence-electron chi connectivity index (χ3n) is 3.40. The standard InChI is InChI=1S/C16H14ClNO/c1-10-6-7-11(8-14(10)17)16(18)13-9-19-15-5-3-2-4-12(13)15/h2-9,16H,18H2,1H3. The third kappa shape index (κ3) is 2.14. The van der Waals surface area contributed by atoms with Crippen LogP contribution in [0.3, 0.4) is 0 Å². The number of benzene rings is 2. The maximum absolute atomic E-state index is 6.33. The lowest BCUT2D eigenvalue weighted by atomic mass is 9.98. The minimum Gasteiger partial charge on any atom is -0.464 e. The van der Waals surface area contributed by atoms with Crippen molar-refractivity contribution in [3.8, 4) is 0 Å². The van der Waals surface area contributed by atoms with E-state index in [2.05, 4.69) is 0 Å². The van der Waals surface area contributed by atoms with Crippen LogP contribution in [0.15, 0.2) is 53.1 Å². The van der Waals surface area contributed by atoms with Gasteiger partial charge in [0.1, 0.15) is 5.58 Å². The first-order chi connectivity index (χ1) is 9.16. The molecular weight excluding hydrogens is 258 g/mol. The summed E-state index contributed by atoms with van der Waals surface area (Å²) in [4.78, 5) is 0. The van der Waals surface area contributed by atoms with E-state index < -0.39 is 0 Å². The SMILES string of the molecule is Cc1ccc(C(N)c2coc3ccccc23)cc1Cl. The van der Waals surface area contributed by atoms with Crippen LogP contribution < -0.4 is 5.73 Å². The number of hydrogen-bond donors (Lipinski definition) is 1. The molecule has 0 fully saturated rings. The van der Waals surface area contributed by atoms with Gasteiger partial charge in [0.25, 0.3) is 0 Å². The topological polar surface area (TPSA) is 39.2 Å². The van der Waals surface area contributed by atoms with Crippen molar-refractivity contribution in [1.29, 1.82) is 0 Å². The molecule has 0 saturated carbocycles. The van der Waals surface area contributed by atoms with Gasteiger partial charge in [0, 0.05) is 16.0 Å². The molecule has 0 aliphatic rings. The largest absolute Gasteiger partial charge is 0.464 e. The highest BCUT2D eigenvalue weighted by molar-refractivity contribution is 6.31. The Morgan fingerprint density at radius 3 is 2.74 bits per heavy atom. The zero-order chi connectivity index (χ0) is 13.4. The second-order valence-corrected chi connectivity index (χ2v) is 5.08. The Balaban J connectivity index is 2.08. The van der Waals surface area contributed by atoms with Crippen molar-refractivity contribution >= 4 is 22.6 Å². The number of fused-ring (bicyclic) bond motifs is 1. The Bertz CT molecular complexity index is 732. The van der Waals surface area contributed by atoms with Crippen LogP contribution in [0.25, 0.3) is 11.0 Å². The minimum atomic E-state index is -0.234. The molecule has 3 rings (SSSR count). The Morgan fingerprint density at radius 1 is 1.16 bits per heavy atom. The van der Waals surface area contributed by atoms with Gasteiger partial charge >= 0.3 is 0 Å². The zero-order valence-corrected chi connectivity index (χ0v) is 11.3. The first-order valence-electron chi connectivity index (χ1n) is 6.14. The van der Waals surface area contributed by atoms with E-state index in [1.54, 1.807) is 6.26 Å². The summed E-state index contributed by atoms with van der Waals surface area (Å²) in [7, 11) is 0. The van der Waals surface area contributed by atoms with E-state index in [1.807, 2.05) is 49.4 Å². The number of aryl methyl sites for hydroxylation is 1. The number of para-hydroxylation sites is 1. The van der Waals surface area contributed by atoms with Crippen LogP contribution >= 0.6 is 11.6 Å². The fourth-order valence-electron chi connectivity index (χ4n) is 2.22. The summed E-state index contributed by atoms with van der Waals surface area (Å²) in [6, 6.07) is 13.6. The van der Waals surface area contributed by atoms with Crippen LogP contribution in [-0.4, -0.2) is 0 Å². The van der Waals surface area contributed by atoms with Crippen LogP contribution in [0.1, 0.15) is 22.7 Å². The normalized spacial score (nSPS) is 12.8. The molecule has 0 aliphatic heterocycles. The Hall–Kier alpha value is -1.77. The van der Waals surface area contributed by atoms with Gasteiger partial charge in [-0.05, 0) is 30.2 Å². The van der Waals surface area contributed by atoms with Crippen LogP contribution in [0.2, 0.25) is 5.02 Å². The van der Waals surface area contributed by atoms with Gasteiger partial charge in [-0.1, -0.05) is 41.9 Å². The van der Waals surface area contributed by atoms with Crippen molar-refractivity contribution in [3.05, 3.63) is 70.4 Å². The fraction of sp³-hybridized carbons (Fsp3) is 0.125. The first kappa shape index (κ1) is 12.3. The quantitative estimate of drug-likeness (QED) is 0.748. The van der Waals surface area contributed by atoms with Gasteiger partial charge in [0.2, 0.25) is 0 Å². The number of nitrogens with two attached hydrogens (primary N) is 1. The highest BCUT2D eigenvalue weighted by atomic mass is 35.5. The molecule has 96 valence electrons. The summed E-state index contributed by atoms with van der Waals surface area (Å²) in [5.41, 5.74) is 10.2. The van der Waals surface area contributed by atoms with Gasteiger partial charge in [-0.15, -0.1) is 0 Å². The number of halogens is 1. The van der Waals surface area contributed by atoms with Crippen molar-refractivity contribution in [2.75, 3.05) is 0 Å². The van der Waals surface area contributed by atoms with Gasteiger partial charge < -0.3 is 10.2 Å². The Labute approximate surface area is 116 Å². The molecule has 0 amide bonds. The molecule has 1 aromatic heterocycles.